The van der Waals surface area contributed by atoms with Crippen LogP contribution >= 0.6 is 22.6 Å². The largest absolute Gasteiger partial charge is 0.481 e. The molecule has 0 saturated carbocycles. The van der Waals surface area contributed by atoms with Gasteiger partial charge in [-0.2, -0.15) is 9.97 Å². The highest BCUT2D eigenvalue weighted by Gasteiger charge is 2.28. The fourth-order valence-electron chi connectivity index (χ4n) is 2.14. The molecule has 132 valence electrons. The SMILES string of the molecule is COCc1cc(I)cc(C(=O)c2nc(OC)cc(OC)n2)c1[N+](=O)[O-]. The van der Waals surface area contributed by atoms with Gasteiger partial charge in [0.05, 0.1) is 37.4 Å². The number of rotatable bonds is 7. The maximum atomic E-state index is 12.8. The van der Waals surface area contributed by atoms with E-state index in [2.05, 4.69) is 9.97 Å². The molecule has 0 saturated heterocycles. The smallest absolute Gasteiger partial charge is 0.286 e. The van der Waals surface area contributed by atoms with Gasteiger partial charge in [0.15, 0.2) is 0 Å². The minimum absolute atomic E-state index is 0.00424. The molecule has 10 heteroatoms. The van der Waals surface area contributed by atoms with Crippen LogP contribution < -0.4 is 9.47 Å². The van der Waals surface area contributed by atoms with Crippen molar-refractivity contribution in [2.75, 3.05) is 21.3 Å². The number of aromatic nitrogens is 2. The number of hydrogen-bond acceptors (Lipinski definition) is 8. The Balaban J connectivity index is 2.65. The van der Waals surface area contributed by atoms with Crippen molar-refractivity contribution in [1.29, 1.82) is 0 Å². The summed E-state index contributed by atoms with van der Waals surface area (Å²) in [6.45, 7) is -0.00424. The van der Waals surface area contributed by atoms with Crippen LogP contribution in [0.2, 0.25) is 0 Å². The second kappa shape index (κ2) is 8.16. The molecule has 0 radical (unpaired) electrons. The molecular formula is C15H14IN3O6. The zero-order valence-electron chi connectivity index (χ0n) is 13.6. The van der Waals surface area contributed by atoms with Gasteiger partial charge in [-0.3, -0.25) is 14.9 Å². The van der Waals surface area contributed by atoms with Crippen molar-refractivity contribution in [3.05, 3.63) is 48.8 Å². The van der Waals surface area contributed by atoms with E-state index in [1.54, 1.807) is 6.07 Å². The van der Waals surface area contributed by atoms with E-state index < -0.39 is 10.7 Å². The van der Waals surface area contributed by atoms with Crippen molar-refractivity contribution in [3.63, 3.8) is 0 Å². The normalized spacial score (nSPS) is 10.4. The van der Waals surface area contributed by atoms with Gasteiger partial charge in [0, 0.05) is 10.7 Å². The number of ketones is 1. The van der Waals surface area contributed by atoms with Crippen LogP contribution in [-0.2, 0) is 11.3 Å². The summed E-state index contributed by atoms with van der Waals surface area (Å²) in [6.07, 6.45) is 0. The summed E-state index contributed by atoms with van der Waals surface area (Å²) in [4.78, 5) is 31.7. The Morgan fingerprint density at radius 3 is 2.24 bits per heavy atom. The maximum absolute atomic E-state index is 12.8. The van der Waals surface area contributed by atoms with Gasteiger partial charge in [-0.1, -0.05) is 0 Å². The predicted molar refractivity (Wildman–Crippen MR) is 95.1 cm³/mol. The quantitative estimate of drug-likeness (QED) is 0.269. The van der Waals surface area contributed by atoms with Gasteiger partial charge in [0.2, 0.25) is 23.4 Å². The van der Waals surface area contributed by atoms with Crippen LogP contribution in [0.1, 0.15) is 21.7 Å². The lowest BCUT2D eigenvalue weighted by Crippen LogP contribution is -2.13. The topological polar surface area (TPSA) is 114 Å². The number of nitrogens with zero attached hydrogens (tertiary/aromatic N) is 3. The summed E-state index contributed by atoms with van der Waals surface area (Å²) in [5.74, 6) is -0.745. The van der Waals surface area contributed by atoms with E-state index in [-0.39, 0.29) is 41.0 Å². The van der Waals surface area contributed by atoms with Crippen LogP contribution in [0.5, 0.6) is 11.8 Å². The second-order valence-corrected chi connectivity index (χ2v) is 6.00. The first-order valence-corrected chi connectivity index (χ1v) is 7.96. The Kier molecular flexibility index (Phi) is 6.20. The first-order valence-electron chi connectivity index (χ1n) is 6.88. The van der Waals surface area contributed by atoms with Crippen LogP contribution in [0.25, 0.3) is 0 Å². The maximum Gasteiger partial charge on any atom is 0.286 e. The van der Waals surface area contributed by atoms with E-state index in [1.807, 2.05) is 22.6 Å². The fourth-order valence-corrected chi connectivity index (χ4v) is 2.83. The van der Waals surface area contributed by atoms with Gasteiger partial charge in [0.1, 0.15) is 5.56 Å². The van der Waals surface area contributed by atoms with Crippen molar-refractivity contribution in [2.45, 2.75) is 6.61 Å². The van der Waals surface area contributed by atoms with Crippen LogP contribution in [0, 0.1) is 13.7 Å². The molecule has 0 aliphatic rings. The Morgan fingerprint density at radius 2 is 1.76 bits per heavy atom. The zero-order valence-corrected chi connectivity index (χ0v) is 15.8. The first-order chi connectivity index (χ1) is 11.9. The molecule has 0 amide bonds. The molecule has 1 heterocycles. The average Bonchev–Trinajstić information content (AvgIpc) is 2.59. The van der Waals surface area contributed by atoms with Gasteiger partial charge in [-0.15, -0.1) is 0 Å². The lowest BCUT2D eigenvalue weighted by Gasteiger charge is -2.09. The molecule has 0 bridgehead atoms. The van der Waals surface area contributed by atoms with Gasteiger partial charge < -0.3 is 14.2 Å². The van der Waals surface area contributed by atoms with Crippen molar-refractivity contribution in [1.82, 2.24) is 9.97 Å². The number of ether oxygens (including phenoxy) is 3. The third-order valence-corrected chi connectivity index (χ3v) is 3.80. The number of carbonyl (C=O) groups excluding carboxylic acids is 1. The van der Waals surface area contributed by atoms with E-state index >= 15 is 0 Å². The summed E-state index contributed by atoms with van der Waals surface area (Å²) < 4.78 is 15.7. The number of benzene rings is 1. The molecule has 0 fully saturated rings. The average molecular weight is 459 g/mol. The summed E-state index contributed by atoms with van der Waals surface area (Å²) >= 11 is 1.97. The Hall–Kier alpha value is -2.34. The second-order valence-electron chi connectivity index (χ2n) is 4.76. The van der Waals surface area contributed by atoms with E-state index in [4.69, 9.17) is 14.2 Å². The van der Waals surface area contributed by atoms with Crippen molar-refractivity contribution in [3.8, 4) is 11.8 Å². The van der Waals surface area contributed by atoms with Crippen molar-refractivity contribution >= 4 is 34.1 Å². The van der Waals surface area contributed by atoms with Crippen LogP contribution in [0.15, 0.2) is 18.2 Å². The summed E-state index contributed by atoms with van der Waals surface area (Å²) in [7, 11) is 4.17. The molecule has 0 N–H and O–H groups in total. The summed E-state index contributed by atoms with van der Waals surface area (Å²) in [5.41, 5.74) is -0.172. The minimum atomic E-state index is -0.709. The van der Waals surface area contributed by atoms with Gasteiger partial charge in [-0.25, -0.2) is 0 Å². The van der Waals surface area contributed by atoms with E-state index in [0.717, 1.165) is 0 Å². The Bertz CT molecular complexity index is 805. The summed E-state index contributed by atoms with van der Waals surface area (Å²) in [6, 6.07) is 4.40. The number of hydrogen-bond donors (Lipinski definition) is 0. The molecule has 2 rings (SSSR count). The lowest BCUT2D eigenvalue weighted by atomic mass is 10.0. The zero-order chi connectivity index (χ0) is 18.6. The monoisotopic (exact) mass is 459 g/mol. The number of nitro groups is 1. The highest BCUT2D eigenvalue weighted by atomic mass is 127. The van der Waals surface area contributed by atoms with Crippen molar-refractivity contribution < 1.29 is 23.9 Å². The number of halogens is 1. The Morgan fingerprint density at radius 1 is 1.16 bits per heavy atom. The van der Waals surface area contributed by atoms with Gasteiger partial charge >= 0.3 is 0 Å². The van der Waals surface area contributed by atoms with Crippen LogP contribution in [0.4, 0.5) is 5.69 Å². The fraction of sp³-hybridized carbons (Fsp3) is 0.267. The first kappa shape index (κ1) is 19.0. The highest BCUT2D eigenvalue weighted by molar-refractivity contribution is 14.1. The molecule has 1 aromatic heterocycles. The molecule has 2 aromatic rings. The molecule has 0 spiro atoms. The van der Waals surface area contributed by atoms with Crippen LogP contribution in [0.3, 0.4) is 0 Å². The molecule has 0 atom stereocenters. The summed E-state index contributed by atoms with van der Waals surface area (Å²) in [5, 5.41) is 11.5. The minimum Gasteiger partial charge on any atom is -0.481 e. The van der Waals surface area contributed by atoms with E-state index in [9.17, 15) is 14.9 Å². The molecule has 0 aliphatic heterocycles. The standard InChI is InChI=1S/C15H14IN3O6/c1-23-7-8-4-9(16)5-10(13(8)19(21)22)14(20)15-17-11(24-2)6-12(18-15)25-3/h4-6H,7H2,1-3H3. The number of nitro benzene ring substituents is 1. The molecule has 0 aliphatic carbocycles. The lowest BCUT2D eigenvalue weighted by molar-refractivity contribution is -0.386. The predicted octanol–water partition coefficient (Wildman–Crippen LogP) is 2.38. The van der Waals surface area contributed by atoms with E-state index in [0.29, 0.717) is 3.57 Å². The molecule has 0 unspecified atom stereocenters. The molecule has 25 heavy (non-hydrogen) atoms. The van der Waals surface area contributed by atoms with Crippen LogP contribution in [-0.4, -0.2) is 42.0 Å². The van der Waals surface area contributed by atoms with E-state index in [1.165, 1.54) is 33.5 Å². The third-order valence-electron chi connectivity index (χ3n) is 3.18. The number of carbonyl (C=O) groups is 1. The number of methoxy groups -OCH3 is 3. The molecule has 9 nitrogen and oxygen atoms in total. The molecule has 1 aromatic carbocycles. The van der Waals surface area contributed by atoms with Gasteiger partial charge in [-0.05, 0) is 34.7 Å². The van der Waals surface area contributed by atoms with Crippen molar-refractivity contribution in [2.24, 2.45) is 0 Å². The van der Waals surface area contributed by atoms with Gasteiger partial charge in [0.25, 0.3) is 5.69 Å². The molecular weight excluding hydrogens is 445 g/mol. The Labute approximate surface area is 156 Å². The highest BCUT2D eigenvalue weighted by Crippen LogP contribution is 2.29. The third kappa shape index (κ3) is 4.20.